The van der Waals surface area contributed by atoms with Crippen molar-refractivity contribution < 1.29 is 4.79 Å². The third-order valence-electron chi connectivity index (χ3n) is 1.82. The number of imidazole rings is 1. The van der Waals surface area contributed by atoms with Crippen LogP contribution in [0.1, 0.15) is 11.7 Å². The Morgan fingerprint density at radius 3 is 3.00 bits per heavy atom. The van der Waals surface area contributed by atoms with E-state index in [-0.39, 0.29) is 5.91 Å². The van der Waals surface area contributed by atoms with Crippen molar-refractivity contribution in [2.75, 3.05) is 0 Å². The third kappa shape index (κ3) is 1.27. The molecule has 2 aromatic rings. The van der Waals surface area contributed by atoms with Crippen LogP contribution in [0.3, 0.4) is 0 Å². The minimum absolute atomic E-state index is 0.332. The molecule has 2 rings (SSSR count). The summed E-state index contributed by atoms with van der Waals surface area (Å²) in [6, 6.07) is 1.67. The highest BCUT2D eigenvalue weighted by molar-refractivity contribution is 9.10. The van der Waals surface area contributed by atoms with Crippen molar-refractivity contribution in [2.45, 2.75) is 6.92 Å². The van der Waals surface area contributed by atoms with Crippen LogP contribution in [0, 0.1) is 0 Å². The second kappa shape index (κ2) is 3.06. The number of H-pyrrole nitrogens is 1. The Balaban J connectivity index is 2.93. The third-order valence-corrected chi connectivity index (χ3v) is 2.25. The Kier molecular flexibility index (Phi) is 1.99. The zero-order valence-electron chi connectivity index (χ0n) is 7.24. The number of carbonyl (C=O) groups is 1. The molecule has 0 atom stereocenters. The summed E-state index contributed by atoms with van der Waals surface area (Å²) in [5.74, 6) is -0.332. The molecule has 0 bridgehead atoms. The monoisotopic (exact) mass is 255 g/mol. The molecule has 0 aliphatic carbocycles. The summed E-state index contributed by atoms with van der Waals surface area (Å²) in [4.78, 5) is 28.9. The average molecular weight is 256 g/mol. The Morgan fingerprint density at radius 2 is 2.36 bits per heavy atom. The summed E-state index contributed by atoms with van der Waals surface area (Å²) >= 11 is 3.22. The number of aromatic nitrogens is 3. The van der Waals surface area contributed by atoms with Gasteiger partial charge < -0.3 is 0 Å². The highest BCUT2D eigenvalue weighted by Gasteiger charge is 2.10. The lowest BCUT2D eigenvalue weighted by Gasteiger charge is -1.95. The summed E-state index contributed by atoms with van der Waals surface area (Å²) < 4.78 is 1.77. The van der Waals surface area contributed by atoms with E-state index in [9.17, 15) is 9.59 Å². The summed E-state index contributed by atoms with van der Waals surface area (Å²) in [5.41, 5.74) is 0.434. The second-order valence-electron chi connectivity index (χ2n) is 2.81. The van der Waals surface area contributed by atoms with Crippen molar-refractivity contribution in [1.29, 1.82) is 0 Å². The Labute approximate surface area is 86.9 Å². The standard InChI is InChI=1S/C8H6BrN3O2/c1-4(13)12-6-2-5(9)3-10-7(6)11-8(12)14/h2-3H,1H3,(H,10,11,14). The molecule has 72 valence electrons. The van der Waals surface area contributed by atoms with Gasteiger partial charge in [0.2, 0.25) is 5.91 Å². The molecule has 0 fully saturated rings. The second-order valence-corrected chi connectivity index (χ2v) is 3.72. The zero-order chi connectivity index (χ0) is 10.3. The van der Waals surface area contributed by atoms with E-state index in [0.29, 0.717) is 11.2 Å². The van der Waals surface area contributed by atoms with E-state index in [1.54, 1.807) is 12.3 Å². The van der Waals surface area contributed by atoms with Crippen molar-refractivity contribution in [2.24, 2.45) is 0 Å². The number of halogens is 1. The quantitative estimate of drug-likeness (QED) is 0.768. The first-order valence-electron chi connectivity index (χ1n) is 3.87. The van der Waals surface area contributed by atoms with Crippen LogP contribution < -0.4 is 5.69 Å². The highest BCUT2D eigenvalue weighted by Crippen LogP contribution is 2.14. The van der Waals surface area contributed by atoms with Crippen LogP contribution in [-0.4, -0.2) is 20.4 Å². The predicted molar refractivity (Wildman–Crippen MR) is 54.4 cm³/mol. The van der Waals surface area contributed by atoms with Crippen LogP contribution in [0.2, 0.25) is 0 Å². The summed E-state index contributed by atoms with van der Waals surface area (Å²) in [5, 5.41) is 0. The minimum Gasteiger partial charge on any atom is -0.290 e. The average Bonchev–Trinajstić information content (AvgIpc) is 2.40. The smallest absolute Gasteiger partial charge is 0.290 e. The molecule has 0 aliphatic rings. The van der Waals surface area contributed by atoms with E-state index < -0.39 is 5.69 Å². The van der Waals surface area contributed by atoms with E-state index in [2.05, 4.69) is 25.9 Å². The number of pyridine rings is 1. The van der Waals surface area contributed by atoms with Crippen LogP contribution >= 0.6 is 15.9 Å². The van der Waals surface area contributed by atoms with Gasteiger partial charge in [0.15, 0.2) is 5.65 Å². The molecule has 0 radical (unpaired) electrons. The molecule has 1 N–H and O–H groups in total. The summed E-state index contributed by atoms with van der Waals surface area (Å²) in [7, 11) is 0. The Bertz CT molecular complexity index is 569. The zero-order valence-corrected chi connectivity index (χ0v) is 8.83. The molecular formula is C8H6BrN3O2. The molecule has 0 spiro atoms. The molecule has 5 nitrogen and oxygen atoms in total. The topological polar surface area (TPSA) is 67.8 Å². The van der Waals surface area contributed by atoms with Gasteiger partial charge in [-0.15, -0.1) is 0 Å². The van der Waals surface area contributed by atoms with Crippen molar-refractivity contribution in [3.8, 4) is 0 Å². The fraction of sp³-hybridized carbons (Fsp3) is 0.125. The highest BCUT2D eigenvalue weighted by atomic mass is 79.9. The Hall–Kier alpha value is -1.43. The maximum absolute atomic E-state index is 11.3. The van der Waals surface area contributed by atoms with Crippen molar-refractivity contribution in [1.82, 2.24) is 14.5 Å². The van der Waals surface area contributed by atoms with Gasteiger partial charge in [-0.2, -0.15) is 0 Å². The Morgan fingerprint density at radius 1 is 1.64 bits per heavy atom. The molecule has 0 saturated carbocycles. The first-order chi connectivity index (χ1) is 6.59. The minimum atomic E-state index is -0.460. The van der Waals surface area contributed by atoms with Gasteiger partial charge in [-0.1, -0.05) is 0 Å². The number of nitrogens with zero attached hydrogens (tertiary/aromatic N) is 2. The van der Waals surface area contributed by atoms with Crippen molar-refractivity contribution in [3.63, 3.8) is 0 Å². The number of carbonyl (C=O) groups excluding carboxylic acids is 1. The van der Waals surface area contributed by atoms with Gasteiger partial charge in [0.25, 0.3) is 0 Å². The molecular weight excluding hydrogens is 250 g/mol. The molecule has 0 unspecified atom stereocenters. The number of hydrogen-bond acceptors (Lipinski definition) is 3. The van der Waals surface area contributed by atoms with Gasteiger partial charge in [0.1, 0.15) is 0 Å². The number of nitrogens with one attached hydrogen (secondary N) is 1. The lowest BCUT2D eigenvalue weighted by molar-refractivity contribution is 0.0937. The normalized spacial score (nSPS) is 10.7. The first kappa shape index (κ1) is 9.14. The number of hydrogen-bond donors (Lipinski definition) is 1. The van der Waals surface area contributed by atoms with Crippen LogP contribution in [0.5, 0.6) is 0 Å². The molecule has 0 aromatic carbocycles. The first-order valence-corrected chi connectivity index (χ1v) is 4.66. The van der Waals surface area contributed by atoms with Gasteiger partial charge in [-0.3, -0.25) is 9.78 Å². The fourth-order valence-electron chi connectivity index (χ4n) is 1.27. The maximum Gasteiger partial charge on any atom is 0.334 e. The maximum atomic E-state index is 11.3. The van der Waals surface area contributed by atoms with Gasteiger partial charge in [-0.25, -0.2) is 14.3 Å². The fourth-order valence-corrected chi connectivity index (χ4v) is 1.59. The van der Waals surface area contributed by atoms with Crippen LogP contribution in [-0.2, 0) is 0 Å². The molecule has 0 aliphatic heterocycles. The SMILES string of the molecule is CC(=O)n1c(=O)[nH]c2ncc(Br)cc21. The summed E-state index contributed by atoms with van der Waals surface area (Å²) in [6.45, 7) is 1.33. The van der Waals surface area contributed by atoms with Crippen LogP contribution in [0.15, 0.2) is 21.5 Å². The molecule has 14 heavy (non-hydrogen) atoms. The number of aromatic amines is 1. The summed E-state index contributed by atoms with van der Waals surface area (Å²) in [6.07, 6.45) is 1.56. The molecule has 0 amide bonds. The van der Waals surface area contributed by atoms with E-state index in [1.165, 1.54) is 6.92 Å². The largest absolute Gasteiger partial charge is 0.334 e. The van der Waals surface area contributed by atoms with E-state index in [4.69, 9.17) is 0 Å². The van der Waals surface area contributed by atoms with Gasteiger partial charge >= 0.3 is 5.69 Å². The van der Waals surface area contributed by atoms with Gasteiger partial charge in [0, 0.05) is 17.6 Å². The van der Waals surface area contributed by atoms with Gasteiger partial charge in [0.05, 0.1) is 5.52 Å². The number of fused-ring (bicyclic) bond motifs is 1. The number of rotatable bonds is 0. The predicted octanol–water partition coefficient (Wildman–Crippen LogP) is 1.15. The molecule has 2 aromatic heterocycles. The van der Waals surface area contributed by atoms with Gasteiger partial charge in [-0.05, 0) is 22.0 Å². The molecule has 0 saturated heterocycles. The van der Waals surface area contributed by atoms with Crippen LogP contribution in [0.4, 0.5) is 0 Å². The van der Waals surface area contributed by atoms with E-state index in [1.807, 2.05) is 0 Å². The van der Waals surface area contributed by atoms with E-state index >= 15 is 0 Å². The van der Waals surface area contributed by atoms with E-state index in [0.717, 1.165) is 9.04 Å². The lowest BCUT2D eigenvalue weighted by atomic mass is 10.4. The lowest BCUT2D eigenvalue weighted by Crippen LogP contribution is -2.21. The molecule has 2 heterocycles. The van der Waals surface area contributed by atoms with Crippen molar-refractivity contribution in [3.05, 3.63) is 27.2 Å². The molecule has 6 heteroatoms. The van der Waals surface area contributed by atoms with Crippen LogP contribution in [0.25, 0.3) is 11.2 Å². The van der Waals surface area contributed by atoms with Crippen molar-refractivity contribution >= 4 is 33.0 Å².